The van der Waals surface area contributed by atoms with Crippen LogP contribution in [0.2, 0.25) is 0 Å². The summed E-state index contributed by atoms with van der Waals surface area (Å²) in [5, 5.41) is 0. The minimum Gasteiger partial charge on any atom is -0.125 e. The lowest BCUT2D eigenvalue weighted by Gasteiger charge is -1.60. The van der Waals surface area contributed by atoms with Gasteiger partial charge in [-0.05, 0) is 0 Å². The van der Waals surface area contributed by atoms with Gasteiger partial charge in [0.25, 0.3) is 0 Å². The summed E-state index contributed by atoms with van der Waals surface area (Å²) in [6.07, 6.45) is 0. The summed E-state index contributed by atoms with van der Waals surface area (Å²) in [6.45, 7) is 0. The summed E-state index contributed by atoms with van der Waals surface area (Å²) >= 11 is 9.75. The SMILES string of the molecule is Cl[C]CCl. The van der Waals surface area contributed by atoms with Gasteiger partial charge in [0.2, 0.25) is 0 Å². The highest BCUT2D eigenvalue weighted by atomic mass is 35.5. The van der Waals surface area contributed by atoms with E-state index in [4.69, 9.17) is 23.2 Å². The standard InChI is InChI=1S/C2H2Cl2/c3-1-2-4/h1H2. The van der Waals surface area contributed by atoms with Crippen molar-refractivity contribution in [3.05, 3.63) is 5.88 Å². The van der Waals surface area contributed by atoms with Crippen LogP contribution in [0.4, 0.5) is 0 Å². The molecular weight excluding hydrogens is 94.9 g/mol. The van der Waals surface area contributed by atoms with Gasteiger partial charge >= 0.3 is 0 Å². The molecule has 24 valence electrons. The Morgan fingerprint density at radius 3 is 2.00 bits per heavy atom. The number of rotatable bonds is 1. The van der Waals surface area contributed by atoms with Crippen LogP contribution in [0.1, 0.15) is 0 Å². The van der Waals surface area contributed by atoms with E-state index in [9.17, 15) is 0 Å². The molecule has 0 aromatic carbocycles. The van der Waals surface area contributed by atoms with Crippen molar-refractivity contribution in [2.45, 2.75) is 0 Å². The van der Waals surface area contributed by atoms with E-state index in [2.05, 4.69) is 5.88 Å². The van der Waals surface area contributed by atoms with E-state index in [0.29, 0.717) is 5.88 Å². The molecule has 0 atom stereocenters. The van der Waals surface area contributed by atoms with Gasteiger partial charge in [-0.25, -0.2) is 0 Å². The van der Waals surface area contributed by atoms with Crippen molar-refractivity contribution in [1.29, 1.82) is 0 Å². The average Bonchev–Trinajstić information content (AvgIpc) is 1.37. The molecule has 4 heavy (non-hydrogen) atoms. The zero-order valence-corrected chi connectivity index (χ0v) is 3.47. The van der Waals surface area contributed by atoms with E-state index in [-0.39, 0.29) is 0 Å². The molecule has 0 unspecified atom stereocenters. The Morgan fingerprint density at radius 2 is 2.00 bits per heavy atom. The average molecular weight is 96.9 g/mol. The molecule has 0 aliphatic heterocycles. The molecule has 0 aliphatic rings. The van der Waals surface area contributed by atoms with E-state index >= 15 is 0 Å². The lowest BCUT2D eigenvalue weighted by atomic mass is 11.0. The van der Waals surface area contributed by atoms with Crippen molar-refractivity contribution in [2.75, 3.05) is 5.88 Å². The summed E-state index contributed by atoms with van der Waals surface area (Å²) in [6, 6.07) is 0. The first-order valence-electron chi connectivity index (χ1n) is 0.810. The molecule has 0 N–H and O–H groups in total. The fourth-order valence-electron chi connectivity index (χ4n) is 0. The van der Waals surface area contributed by atoms with Gasteiger partial charge in [0, 0.05) is 5.88 Å². The van der Waals surface area contributed by atoms with Crippen LogP contribution >= 0.6 is 23.2 Å². The van der Waals surface area contributed by atoms with Crippen LogP contribution in [0.15, 0.2) is 0 Å². The Kier molecular flexibility index (Phi) is 4.10. The quantitative estimate of drug-likeness (QED) is 0.435. The molecule has 2 heteroatoms. The lowest BCUT2D eigenvalue weighted by molar-refractivity contribution is 1.73. The second-order valence-corrected chi connectivity index (χ2v) is 0.802. The molecule has 0 spiro atoms. The van der Waals surface area contributed by atoms with Crippen molar-refractivity contribution >= 4 is 23.2 Å². The largest absolute Gasteiger partial charge is 0.125 e. The Balaban J connectivity index is 1.97. The summed E-state index contributed by atoms with van der Waals surface area (Å²) in [5.74, 6) is 2.48. The molecule has 0 amide bonds. The summed E-state index contributed by atoms with van der Waals surface area (Å²) in [7, 11) is 0. The van der Waals surface area contributed by atoms with Gasteiger partial charge < -0.3 is 0 Å². The third-order valence-corrected chi connectivity index (χ3v) is 0.455. The zero-order valence-electron chi connectivity index (χ0n) is 1.96. The van der Waals surface area contributed by atoms with Crippen LogP contribution in [0.5, 0.6) is 0 Å². The maximum absolute atomic E-state index is 4.94. The van der Waals surface area contributed by atoms with Crippen molar-refractivity contribution < 1.29 is 0 Å². The molecular formula is C2H2Cl2. The molecule has 0 aromatic rings. The lowest BCUT2D eigenvalue weighted by Crippen LogP contribution is -1.52. The van der Waals surface area contributed by atoms with Gasteiger partial charge in [-0.3, -0.25) is 0 Å². The molecule has 0 heterocycles. The van der Waals surface area contributed by atoms with Crippen LogP contribution in [-0.4, -0.2) is 5.88 Å². The van der Waals surface area contributed by atoms with Crippen LogP contribution in [0, 0.1) is 5.88 Å². The van der Waals surface area contributed by atoms with Crippen molar-refractivity contribution in [2.24, 2.45) is 0 Å². The molecule has 0 nitrogen and oxygen atoms in total. The highest BCUT2D eigenvalue weighted by molar-refractivity contribution is 6.30. The van der Waals surface area contributed by atoms with E-state index < -0.39 is 0 Å². The van der Waals surface area contributed by atoms with E-state index in [1.807, 2.05) is 0 Å². The topological polar surface area (TPSA) is 0 Å². The van der Waals surface area contributed by atoms with E-state index in [0.717, 1.165) is 0 Å². The van der Waals surface area contributed by atoms with Gasteiger partial charge in [-0.2, -0.15) is 0 Å². The number of hydrogen-bond acceptors (Lipinski definition) is 0. The third kappa shape index (κ3) is 2.58. The number of hydrogen-bond donors (Lipinski definition) is 0. The molecule has 0 aromatic heterocycles. The monoisotopic (exact) mass is 96.0 g/mol. The minimum absolute atomic E-state index is 0.307. The number of halogens is 2. The van der Waals surface area contributed by atoms with Gasteiger partial charge in [0.1, 0.15) is 5.88 Å². The summed E-state index contributed by atoms with van der Waals surface area (Å²) in [4.78, 5) is 0. The Bertz CT molecular complexity index is 6.00. The molecule has 0 saturated heterocycles. The predicted octanol–water partition coefficient (Wildman–Crippen LogP) is 1.50. The Labute approximate surface area is 35.7 Å². The first-order valence-corrected chi connectivity index (χ1v) is 1.72. The minimum atomic E-state index is 0.307. The van der Waals surface area contributed by atoms with Crippen LogP contribution in [0.25, 0.3) is 0 Å². The molecule has 2 radical (unpaired) electrons. The van der Waals surface area contributed by atoms with Crippen LogP contribution < -0.4 is 0 Å². The van der Waals surface area contributed by atoms with E-state index in [1.165, 1.54) is 0 Å². The second kappa shape index (κ2) is 3.58. The fraction of sp³-hybridized carbons (Fsp3) is 0.500. The zero-order chi connectivity index (χ0) is 3.41. The first-order chi connectivity index (χ1) is 1.91. The molecule has 0 aliphatic carbocycles. The van der Waals surface area contributed by atoms with Crippen molar-refractivity contribution in [1.82, 2.24) is 0 Å². The fourth-order valence-corrected chi connectivity index (χ4v) is 0. The molecule has 0 saturated carbocycles. The maximum Gasteiger partial charge on any atom is 0.102 e. The highest BCUT2D eigenvalue weighted by Gasteiger charge is 1.64. The molecule has 0 bridgehead atoms. The predicted molar refractivity (Wildman–Crippen MR) is 19.8 cm³/mol. The smallest absolute Gasteiger partial charge is 0.102 e. The Hall–Kier alpha value is 0.580. The molecule has 0 fully saturated rings. The van der Waals surface area contributed by atoms with Crippen molar-refractivity contribution in [3.63, 3.8) is 0 Å². The van der Waals surface area contributed by atoms with Gasteiger partial charge in [-0.15, -0.1) is 23.2 Å². The number of alkyl halides is 1. The normalized spacial score (nSPS) is 7.50. The summed E-state index contributed by atoms with van der Waals surface area (Å²) < 4.78 is 0. The van der Waals surface area contributed by atoms with Crippen LogP contribution in [-0.2, 0) is 0 Å². The molecule has 0 rings (SSSR count). The second-order valence-electron chi connectivity index (χ2n) is 0.267. The highest BCUT2D eigenvalue weighted by Crippen LogP contribution is 1.83. The van der Waals surface area contributed by atoms with Gasteiger partial charge in [-0.1, -0.05) is 0 Å². The van der Waals surface area contributed by atoms with Gasteiger partial charge in [0.05, 0.1) is 0 Å². The van der Waals surface area contributed by atoms with Crippen LogP contribution in [0.3, 0.4) is 0 Å². The Morgan fingerprint density at radius 1 is 1.75 bits per heavy atom. The van der Waals surface area contributed by atoms with Crippen molar-refractivity contribution in [3.8, 4) is 0 Å². The summed E-state index contributed by atoms with van der Waals surface area (Å²) in [5.41, 5.74) is 0. The first kappa shape index (κ1) is 4.58. The maximum atomic E-state index is 4.94. The van der Waals surface area contributed by atoms with Gasteiger partial charge in [0.15, 0.2) is 0 Å². The van der Waals surface area contributed by atoms with E-state index in [1.54, 1.807) is 0 Å². The third-order valence-electron chi connectivity index (χ3n) is 0.0505.